The van der Waals surface area contributed by atoms with Crippen LogP contribution < -0.4 is 5.56 Å². The van der Waals surface area contributed by atoms with E-state index in [0.717, 1.165) is 21.9 Å². The number of fused-ring (bicyclic) bond motifs is 1. The summed E-state index contributed by atoms with van der Waals surface area (Å²) in [6.45, 7) is 0. The van der Waals surface area contributed by atoms with Gasteiger partial charge in [-0.25, -0.2) is 0 Å². The Kier molecular flexibility index (Phi) is 3.49. The number of halogens is 1. The molecular formula is C15H12ClNO. The summed E-state index contributed by atoms with van der Waals surface area (Å²) >= 11 is 0. The molecule has 0 bridgehead atoms. The smallest absolute Gasteiger partial charge is 0.255 e. The lowest BCUT2D eigenvalue weighted by molar-refractivity contribution is 1.28. The average Bonchev–Trinajstić information content (AvgIpc) is 2.41. The van der Waals surface area contributed by atoms with Gasteiger partial charge in [-0.2, -0.15) is 0 Å². The van der Waals surface area contributed by atoms with Crippen LogP contribution in [0.4, 0.5) is 0 Å². The first-order chi connectivity index (χ1) is 8.36. The Hall–Kier alpha value is -2.06. The molecule has 0 aliphatic rings. The number of hydrogen-bond donors (Lipinski definition) is 1. The van der Waals surface area contributed by atoms with Crippen LogP contribution in [0.2, 0.25) is 0 Å². The van der Waals surface area contributed by atoms with Crippen LogP contribution in [-0.2, 0) is 0 Å². The van der Waals surface area contributed by atoms with Crippen LogP contribution in [0.25, 0.3) is 21.9 Å². The molecule has 0 spiro atoms. The summed E-state index contributed by atoms with van der Waals surface area (Å²) in [5.74, 6) is 0. The Labute approximate surface area is 111 Å². The largest absolute Gasteiger partial charge is 0.328 e. The molecule has 3 rings (SSSR count). The van der Waals surface area contributed by atoms with Gasteiger partial charge in [-0.05, 0) is 17.0 Å². The molecule has 1 heterocycles. The Balaban J connectivity index is 0.00000120. The van der Waals surface area contributed by atoms with Crippen molar-refractivity contribution < 1.29 is 0 Å². The normalized spacial score (nSPS) is 10.0. The first-order valence-corrected chi connectivity index (χ1v) is 5.52. The van der Waals surface area contributed by atoms with Gasteiger partial charge in [-0.3, -0.25) is 4.79 Å². The van der Waals surface area contributed by atoms with Crippen LogP contribution in [0.1, 0.15) is 0 Å². The molecule has 1 N–H and O–H groups in total. The van der Waals surface area contributed by atoms with Crippen molar-refractivity contribution in [1.29, 1.82) is 0 Å². The minimum Gasteiger partial charge on any atom is -0.328 e. The molecule has 0 saturated carbocycles. The number of aromatic nitrogens is 1. The standard InChI is InChI=1S/C15H11NO.ClH/c17-15-13-9-5-4-8-12(13)14(10-16-15)11-6-2-1-3-7-11;/h1-10H,(H,16,17);1H. The summed E-state index contributed by atoms with van der Waals surface area (Å²) in [4.78, 5) is 14.5. The molecule has 0 amide bonds. The molecule has 2 nitrogen and oxygen atoms in total. The molecule has 0 fully saturated rings. The lowest BCUT2D eigenvalue weighted by Crippen LogP contribution is -2.05. The van der Waals surface area contributed by atoms with E-state index in [1.165, 1.54) is 0 Å². The summed E-state index contributed by atoms with van der Waals surface area (Å²) in [5, 5.41) is 1.72. The number of rotatable bonds is 1. The molecule has 0 aliphatic carbocycles. The van der Waals surface area contributed by atoms with Gasteiger partial charge in [0, 0.05) is 17.1 Å². The van der Waals surface area contributed by atoms with E-state index in [0.29, 0.717) is 0 Å². The van der Waals surface area contributed by atoms with Gasteiger partial charge >= 0.3 is 0 Å². The van der Waals surface area contributed by atoms with Crippen molar-refractivity contribution in [3.8, 4) is 11.1 Å². The molecule has 0 saturated heterocycles. The maximum atomic E-state index is 11.7. The predicted octanol–water partition coefficient (Wildman–Crippen LogP) is 3.62. The molecule has 90 valence electrons. The highest BCUT2D eigenvalue weighted by molar-refractivity contribution is 5.95. The molecule has 18 heavy (non-hydrogen) atoms. The molecule has 1 aromatic heterocycles. The van der Waals surface area contributed by atoms with Crippen molar-refractivity contribution in [2.24, 2.45) is 0 Å². The fourth-order valence-electron chi connectivity index (χ4n) is 2.07. The number of hydrogen-bond acceptors (Lipinski definition) is 1. The third kappa shape index (κ3) is 2.03. The highest BCUT2D eigenvalue weighted by Crippen LogP contribution is 2.25. The van der Waals surface area contributed by atoms with Crippen LogP contribution in [0.3, 0.4) is 0 Å². The zero-order chi connectivity index (χ0) is 11.7. The van der Waals surface area contributed by atoms with E-state index in [2.05, 4.69) is 4.98 Å². The quantitative estimate of drug-likeness (QED) is 0.710. The molecule has 3 heteroatoms. The third-order valence-electron chi connectivity index (χ3n) is 2.89. The molecule has 0 radical (unpaired) electrons. The molecule has 3 aromatic rings. The van der Waals surface area contributed by atoms with Gasteiger partial charge in [0.1, 0.15) is 0 Å². The van der Waals surface area contributed by atoms with Crippen LogP contribution in [-0.4, -0.2) is 4.98 Å². The number of H-pyrrole nitrogens is 1. The Morgan fingerprint density at radius 2 is 1.39 bits per heavy atom. The third-order valence-corrected chi connectivity index (χ3v) is 2.89. The van der Waals surface area contributed by atoms with E-state index < -0.39 is 0 Å². The molecule has 0 unspecified atom stereocenters. The summed E-state index contributed by atoms with van der Waals surface area (Å²) in [6.07, 6.45) is 1.78. The lowest BCUT2D eigenvalue weighted by Gasteiger charge is -2.05. The molecule has 0 aliphatic heterocycles. The van der Waals surface area contributed by atoms with E-state index >= 15 is 0 Å². The van der Waals surface area contributed by atoms with E-state index in [9.17, 15) is 4.79 Å². The minimum atomic E-state index is -0.0414. The van der Waals surface area contributed by atoms with E-state index in [1.807, 2.05) is 54.6 Å². The van der Waals surface area contributed by atoms with E-state index in [-0.39, 0.29) is 18.0 Å². The Bertz CT molecular complexity index is 719. The maximum absolute atomic E-state index is 11.7. The van der Waals surface area contributed by atoms with Gasteiger partial charge in [-0.15, -0.1) is 12.4 Å². The van der Waals surface area contributed by atoms with E-state index in [4.69, 9.17) is 0 Å². The predicted molar refractivity (Wildman–Crippen MR) is 77.3 cm³/mol. The van der Waals surface area contributed by atoms with Gasteiger partial charge < -0.3 is 4.98 Å². The second-order valence-electron chi connectivity index (χ2n) is 3.94. The number of benzene rings is 2. The zero-order valence-corrected chi connectivity index (χ0v) is 10.4. The fourth-order valence-corrected chi connectivity index (χ4v) is 2.07. The number of aromatic amines is 1. The van der Waals surface area contributed by atoms with Crippen molar-refractivity contribution in [3.05, 3.63) is 71.1 Å². The van der Waals surface area contributed by atoms with Crippen molar-refractivity contribution in [1.82, 2.24) is 4.98 Å². The first-order valence-electron chi connectivity index (χ1n) is 5.52. The second-order valence-corrected chi connectivity index (χ2v) is 3.94. The Morgan fingerprint density at radius 1 is 0.778 bits per heavy atom. The summed E-state index contributed by atoms with van der Waals surface area (Å²) < 4.78 is 0. The van der Waals surface area contributed by atoms with Gasteiger partial charge in [0.05, 0.1) is 0 Å². The topological polar surface area (TPSA) is 32.9 Å². The van der Waals surface area contributed by atoms with Gasteiger partial charge in [0.25, 0.3) is 5.56 Å². The first kappa shape index (κ1) is 12.4. The highest BCUT2D eigenvalue weighted by Gasteiger charge is 2.05. The van der Waals surface area contributed by atoms with Crippen molar-refractivity contribution >= 4 is 23.2 Å². The van der Waals surface area contributed by atoms with Gasteiger partial charge in [0.15, 0.2) is 0 Å². The monoisotopic (exact) mass is 257 g/mol. The molecular weight excluding hydrogens is 246 g/mol. The van der Waals surface area contributed by atoms with Crippen molar-refractivity contribution in [2.45, 2.75) is 0 Å². The summed E-state index contributed by atoms with van der Waals surface area (Å²) in [6, 6.07) is 17.7. The van der Waals surface area contributed by atoms with E-state index in [1.54, 1.807) is 6.20 Å². The van der Waals surface area contributed by atoms with Crippen molar-refractivity contribution in [2.75, 3.05) is 0 Å². The maximum Gasteiger partial charge on any atom is 0.255 e. The van der Waals surface area contributed by atoms with Crippen LogP contribution in [0, 0.1) is 0 Å². The van der Waals surface area contributed by atoms with Crippen molar-refractivity contribution in [3.63, 3.8) is 0 Å². The zero-order valence-electron chi connectivity index (χ0n) is 9.59. The second kappa shape index (κ2) is 5.07. The van der Waals surface area contributed by atoms with Gasteiger partial charge in [-0.1, -0.05) is 48.5 Å². The van der Waals surface area contributed by atoms with Crippen LogP contribution in [0.15, 0.2) is 65.6 Å². The van der Waals surface area contributed by atoms with Crippen LogP contribution >= 0.6 is 12.4 Å². The summed E-state index contributed by atoms with van der Waals surface area (Å²) in [5.41, 5.74) is 2.13. The number of pyridine rings is 1. The molecule has 2 aromatic carbocycles. The fraction of sp³-hybridized carbons (Fsp3) is 0. The average molecular weight is 258 g/mol. The Morgan fingerprint density at radius 3 is 2.11 bits per heavy atom. The summed E-state index contributed by atoms with van der Waals surface area (Å²) in [7, 11) is 0. The SMILES string of the molecule is Cl.O=c1[nH]cc(-c2ccccc2)c2ccccc12. The van der Waals surface area contributed by atoms with Crippen LogP contribution in [0.5, 0.6) is 0 Å². The van der Waals surface area contributed by atoms with Gasteiger partial charge in [0.2, 0.25) is 0 Å². The highest BCUT2D eigenvalue weighted by atomic mass is 35.5. The molecule has 0 atom stereocenters. The minimum absolute atomic E-state index is 0. The lowest BCUT2D eigenvalue weighted by atomic mass is 10.0. The number of nitrogens with one attached hydrogen (secondary N) is 1.